The normalized spacial score (nSPS) is 14.9. The van der Waals surface area contributed by atoms with E-state index in [-0.39, 0.29) is 0 Å². The van der Waals surface area contributed by atoms with Crippen molar-refractivity contribution >= 4 is 0 Å². The van der Waals surface area contributed by atoms with Gasteiger partial charge in [0, 0.05) is 0 Å². The Kier molecular flexibility index (Phi) is 5.45. The van der Waals surface area contributed by atoms with Gasteiger partial charge in [0.05, 0.1) is 0 Å². The van der Waals surface area contributed by atoms with E-state index in [0.717, 1.165) is 11.8 Å². The topological polar surface area (TPSA) is 0 Å². The molecule has 84 valence electrons. The monoisotopic (exact) mass is 204 g/mol. The number of hydrogen-bond donors (Lipinski definition) is 0. The van der Waals surface area contributed by atoms with Crippen LogP contribution in [0.15, 0.2) is 30.3 Å². The first-order valence-electron chi connectivity index (χ1n) is 6.29. The summed E-state index contributed by atoms with van der Waals surface area (Å²) in [6.45, 7) is 6.98. The van der Waals surface area contributed by atoms with Gasteiger partial charge in [-0.2, -0.15) is 0 Å². The zero-order chi connectivity index (χ0) is 11.1. The second-order valence-electron chi connectivity index (χ2n) is 4.76. The second kappa shape index (κ2) is 6.66. The molecule has 2 atom stereocenters. The minimum Gasteiger partial charge on any atom is -0.0651 e. The van der Waals surface area contributed by atoms with E-state index in [4.69, 9.17) is 0 Å². The summed E-state index contributed by atoms with van der Waals surface area (Å²) in [4.78, 5) is 0. The van der Waals surface area contributed by atoms with Crippen LogP contribution in [0.5, 0.6) is 0 Å². The fourth-order valence-electron chi connectivity index (χ4n) is 1.92. The molecule has 0 N–H and O–H groups in total. The van der Waals surface area contributed by atoms with Crippen molar-refractivity contribution in [1.82, 2.24) is 0 Å². The first-order chi connectivity index (χ1) is 7.24. The van der Waals surface area contributed by atoms with Crippen LogP contribution in [0.2, 0.25) is 0 Å². The Hall–Kier alpha value is -0.780. The first kappa shape index (κ1) is 12.3. The van der Waals surface area contributed by atoms with Crippen LogP contribution in [0.3, 0.4) is 0 Å². The summed E-state index contributed by atoms with van der Waals surface area (Å²) in [6.07, 6.45) is 5.40. The summed E-state index contributed by atoms with van der Waals surface area (Å²) in [5.74, 6) is 1.61. The van der Waals surface area contributed by atoms with E-state index >= 15 is 0 Å². The van der Waals surface area contributed by atoms with Gasteiger partial charge in [-0.1, -0.05) is 70.4 Å². The summed E-state index contributed by atoms with van der Waals surface area (Å²) in [5, 5.41) is 0. The average Bonchev–Trinajstić information content (AvgIpc) is 2.29. The number of hydrogen-bond acceptors (Lipinski definition) is 0. The van der Waals surface area contributed by atoms with Crippen molar-refractivity contribution in [2.45, 2.75) is 52.4 Å². The quantitative estimate of drug-likeness (QED) is 0.611. The Bertz CT molecular complexity index is 250. The van der Waals surface area contributed by atoms with Gasteiger partial charge < -0.3 is 0 Å². The molecule has 0 heterocycles. The lowest BCUT2D eigenvalue weighted by Gasteiger charge is -2.13. The maximum Gasteiger partial charge on any atom is -0.0190 e. The van der Waals surface area contributed by atoms with Crippen LogP contribution in [0, 0.1) is 5.92 Å². The summed E-state index contributed by atoms with van der Waals surface area (Å²) in [5.41, 5.74) is 1.49. The van der Waals surface area contributed by atoms with Crippen LogP contribution in [0.1, 0.15) is 57.9 Å². The van der Waals surface area contributed by atoms with Crippen molar-refractivity contribution in [3.8, 4) is 0 Å². The van der Waals surface area contributed by atoms with Crippen molar-refractivity contribution in [3.05, 3.63) is 35.9 Å². The molecule has 1 aromatic rings. The third-order valence-electron chi connectivity index (χ3n) is 3.40. The smallest absolute Gasteiger partial charge is 0.0190 e. The third-order valence-corrected chi connectivity index (χ3v) is 3.40. The highest BCUT2D eigenvalue weighted by molar-refractivity contribution is 5.18. The van der Waals surface area contributed by atoms with Crippen LogP contribution < -0.4 is 0 Å². The van der Waals surface area contributed by atoms with Gasteiger partial charge in [-0.15, -0.1) is 0 Å². The Labute approximate surface area is 94.7 Å². The average molecular weight is 204 g/mol. The Morgan fingerprint density at radius 3 is 2.27 bits per heavy atom. The molecular formula is C15H24. The van der Waals surface area contributed by atoms with Crippen LogP contribution in [0.4, 0.5) is 0 Å². The molecule has 0 nitrogen and oxygen atoms in total. The minimum atomic E-state index is 0.718. The predicted molar refractivity (Wildman–Crippen MR) is 68.2 cm³/mol. The zero-order valence-corrected chi connectivity index (χ0v) is 10.4. The summed E-state index contributed by atoms with van der Waals surface area (Å²) < 4.78 is 0. The molecule has 0 saturated heterocycles. The van der Waals surface area contributed by atoms with Crippen molar-refractivity contribution in [1.29, 1.82) is 0 Å². The molecule has 15 heavy (non-hydrogen) atoms. The SMILES string of the molecule is CCC(C)CCCC(C)c1ccccc1. The fourth-order valence-corrected chi connectivity index (χ4v) is 1.92. The van der Waals surface area contributed by atoms with Crippen LogP contribution in [-0.2, 0) is 0 Å². The van der Waals surface area contributed by atoms with Crippen molar-refractivity contribution in [3.63, 3.8) is 0 Å². The molecule has 0 saturated carbocycles. The summed E-state index contributed by atoms with van der Waals surface area (Å²) in [6, 6.07) is 10.9. The molecule has 1 rings (SSSR count). The molecular weight excluding hydrogens is 180 g/mol. The Morgan fingerprint density at radius 1 is 1.00 bits per heavy atom. The van der Waals surface area contributed by atoms with Gasteiger partial charge >= 0.3 is 0 Å². The van der Waals surface area contributed by atoms with E-state index in [2.05, 4.69) is 51.1 Å². The van der Waals surface area contributed by atoms with E-state index in [0.29, 0.717) is 0 Å². The van der Waals surface area contributed by atoms with Crippen LogP contribution in [-0.4, -0.2) is 0 Å². The van der Waals surface area contributed by atoms with E-state index in [1.54, 1.807) is 0 Å². The molecule has 0 aromatic heterocycles. The molecule has 0 aliphatic rings. The molecule has 0 aliphatic carbocycles. The van der Waals surface area contributed by atoms with E-state index < -0.39 is 0 Å². The number of benzene rings is 1. The van der Waals surface area contributed by atoms with E-state index in [1.165, 1.54) is 31.2 Å². The standard InChI is InChI=1S/C15H24/c1-4-13(2)9-8-10-14(3)15-11-6-5-7-12-15/h5-7,11-14H,4,8-10H2,1-3H3. The lowest BCUT2D eigenvalue weighted by molar-refractivity contribution is 0.469. The van der Waals surface area contributed by atoms with Gasteiger partial charge in [0.15, 0.2) is 0 Å². The maximum absolute atomic E-state index is 2.35. The Morgan fingerprint density at radius 2 is 1.67 bits per heavy atom. The summed E-state index contributed by atoms with van der Waals surface area (Å²) >= 11 is 0. The molecule has 0 heteroatoms. The predicted octanol–water partition coefficient (Wildman–Crippen LogP) is 5.01. The lowest BCUT2D eigenvalue weighted by Crippen LogP contribution is -1.96. The molecule has 0 spiro atoms. The van der Waals surface area contributed by atoms with Gasteiger partial charge in [-0.25, -0.2) is 0 Å². The van der Waals surface area contributed by atoms with E-state index in [9.17, 15) is 0 Å². The second-order valence-corrected chi connectivity index (χ2v) is 4.76. The van der Waals surface area contributed by atoms with Crippen molar-refractivity contribution in [2.24, 2.45) is 5.92 Å². The third kappa shape index (κ3) is 4.51. The fraction of sp³-hybridized carbons (Fsp3) is 0.600. The van der Waals surface area contributed by atoms with Gasteiger partial charge in [0.2, 0.25) is 0 Å². The van der Waals surface area contributed by atoms with E-state index in [1.807, 2.05) is 0 Å². The Balaban J connectivity index is 2.28. The maximum atomic E-state index is 2.35. The summed E-state index contributed by atoms with van der Waals surface area (Å²) in [7, 11) is 0. The van der Waals surface area contributed by atoms with Gasteiger partial charge in [0.1, 0.15) is 0 Å². The van der Waals surface area contributed by atoms with Crippen LogP contribution >= 0.6 is 0 Å². The molecule has 0 radical (unpaired) electrons. The van der Waals surface area contributed by atoms with Gasteiger partial charge in [0.25, 0.3) is 0 Å². The molecule has 0 amide bonds. The molecule has 0 aliphatic heterocycles. The minimum absolute atomic E-state index is 0.718. The molecule has 0 bridgehead atoms. The van der Waals surface area contributed by atoms with Gasteiger partial charge in [-0.05, 0) is 23.8 Å². The van der Waals surface area contributed by atoms with Gasteiger partial charge in [-0.3, -0.25) is 0 Å². The van der Waals surface area contributed by atoms with Crippen molar-refractivity contribution < 1.29 is 0 Å². The molecule has 1 aromatic carbocycles. The molecule has 0 fully saturated rings. The van der Waals surface area contributed by atoms with Crippen LogP contribution in [0.25, 0.3) is 0 Å². The highest BCUT2D eigenvalue weighted by Crippen LogP contribution is 2.22. The largest absolute Gasteiger partial charge is 0.0651 e. The zero-order valence-electron chi connectivity index (χ0n) is 10.4. The number of rotatable bonds is 6. The highest BCUT2D eigenvalue weighted by atomic mass is 14.1. The highest BCUT2D eigenvalue weighted by Gasteiger charge is 2.05. The molecule has 2 unspecified atom stereocenters. The first-order valence-corrected chi connectivity index (χ1v) is 6.29. The van der Waals surface area contributed by atoms with Crippen molar-refractivity contribution in [2.75, 3.05) is 0 Å². The lowest BCUT2D eigenvalue weighted by atomic mass is 9.93.